The summed E-state index contributed by atoms with van der Waals surface area (Å²) in [6.07, 6.45) is -1.73. The molecule has 0 amide bonds. The number of carbonyl (C=O) groups excluding carboxylic acids is 1. The average molecular weight is 675 g/mol. The number of nitrogens with one attached hydrogen (secondary N) is 1. The first-order valence-electron chi connectivity index (χ1n) is 15.9. The summed E-state index contributed by atoms with van der Waals surface area (Å²) in [5.41, 5.74) is 10.1. The Morgan fingerprint density at radius 3 is 2.33 bits per heavy atom. The van der Waals surface area contributed by atoms with Gasteiger partial charge in [0.2, 0.25) is 0 Å². The average Bonchev–Trinajstić information content (AvgIpc) is 3.49. The van der Waals surface area contributed by atoms with E-state index in [4.69, 9.17) is 23.2 Å². The first kappa shape index (κ1) is 36.3. The fraction of sp³-hybridized carbons (Fsp3) is 0.351. The van der Waals surface area contributed by atoms with Gasteiger partial charge in [0.25, 0.3) is 0 Å². The number of rotatable bonds is 13. The van der Waals surface area contributed by atoms with Crippen molar-refractivity contribution in [3.05, 3.63) is 119 Å². The van der Waals surface area contributed by atoms with Crippen LogP contribution >= 0.6 is 12.2 Å². The third-order valence-corrected chi connectivity index (χ3v) is 9.04. The molecule has 48 heavy (non-hydrogen) atoms. The maximum Gasteiger partial charge on any atom is 0.416 e. The summed E-state index contributed by atoms with van der Waals surface area (Å²) in [5, 5.41) is 12.4. The molecule has 0 radical (unpaired) electrons. The number of hydrogen-bond donors (Lipinski definition) is 2. The van der Waals surface area contributed by atoms with E-state index in [-0.39, 0.29) is 35.3 Å². The molecule has 0 aliphatic carbocycles. The highest BCUT2D eigenvalue weighted by molar-refractivity contribution is 7.80. The number of nitrogens with zero attached hydrogens (tertiary/aromatic N) is 4. The monoisotopic (exact) mass is 674 g/mol. The SMILES string of the molecule is CC[C@H](C)[C@H](C(=O)Cc1cncn1Cc1ccc(C#N)cc1)C(N)N(Cc1ccccc1C(F)(F)F)C(=S)Nc1ccc(C(C)C)cc1. The molecule has 0 spiro atoms. The normalized spacial score (nSPS) is 13.4. The Morgan fingerprint density at radius 1 is 1.06 bits per heavy atom. The molecule has 0 saturated heterocycles. The Hall–Kier alpha value is -4.53. The lowest BCUT2D eigenvalue weighted by Gasteiger charge is -2.38. The van der Waals surface area contributed by atoms with Gasteiger partial charge in [0.1, 0.15) is 5.78 Å². The molecule has 0 bridgehead atoms. The predicted octanol–water partition coefficient (Wildman–Crippen LogP) is 7.90. The molecule has 0 saturated carbocycles. The van der Waals surface area contributed by atoms with Crippen molar-refractivity contribution >= 4 is 28.8 Å². The van der Waals surface area contributed by atoms with E-state index in [0.29, 0.717) is 35.8 Å². The van der Waals surface area contributed by atoms with Gasteiger partial charge in [-0.25, -0.2) is 4.98 Å². The number of halogens is 3. The number of hydrogen-bond acceptors (Lipinski definition) is 5. The lowest BCUT2D eigenvalue weighted by molar-refractivity contribution is -0.138. The van der Waals surface area contributed by atoms with Gasteiger partial charge in [-0.05, 0) is 71.1 Å². The van der Waals surface area contributed by atoms with Crippen molar-refractivity contribution in [3.63, 3.8) is 0 Å². The number of Topliss-reactive ketones (excluding diaryl/α,β-unsaturated/α-hetero) is 1. The van der Waals surface area contributed by atoms with Gasteiger partial charge in [-0.1, -0.05) is 76.6 Å². The largest absolute Gasteiger partial charge is 0.416 e. The third-order valence-electron chi connectivity index (χ3n) is 8.70. The summed E-state index contributed by atoms with van der Waals surface area (Å²) in [5.74, 6) is -0.834. The second-order valence-electron chi connectivity index (χ2n) is 12.4. The molecule has 0 fully saturated rings. The molecule has 252 valence electrons. The summed E-state index contributed by atoms with van der Waals surface area (Å²) in [6.45, 7) is 8.21. The summed E-state index contributed by atoms with van der Waals surface area (Å²) < 4.78 is 44.1. The zero-order valence-electron chi connectivity index (χ0n) is 27.5. The van der Waals surface area contributed by atoms with Gasteiger partial charge in [-0.2, -0.15) is 18.4 Å². The maximum atomic E-state index is 14.2. The molecular formula is C37H41F3N6OS. The Morgan fingerprint density at radius 2 is 1.73 bits per heavy atom. The second-order valence-corrected chi connectivity index (χ2v) is 12.7. The molecule has 1 aromatic heterocycles. The number of alkyl halides is 3. The molecule has 3 aromatic carbocycles. The smallest absolute Gasteiger partial charge is 0.333 e. The fourth-order valence-electron chi connectivity index (χ4n) is 5.69. The zero-order valence-corrected chi connectivity index (χ0v) is 28.4. The summed E-state index contributed by atoms with van der Waals surface area (Å²) in [4.78, 5) is 19.9. The highest BCUT2D eigenvalue weighted by Crippen LogP contribution is 2.34. The topological polar surface area (TPSA) is 100.0 Å². The van der Waals surface area contributed by atoms with Gasteiger partial charge < -0.3 is 20.5 Å². The van der Waals surface area contributed by atoms with Crippen LogP contribution in [0.25, 0.3) is 0 Å². The Balaban J connectivity index is 1.65. The maximum absolute atomic E-state index is 14.2. The van der Waals surface area contributed by atoms with Crippen LogP contribution in [0.1, 0.15) is 73.5 Å². The number of benzene rings is 3. The number of anilines is 1. The number of nitriles is 1. The van der Waals surface area contributed by atoms with E-state index in [0.717, 1.165) is 17.2 Å². The minimum absolute atomic E-state index is 0.00407. The predicted molar refractivity (Wildman–Crippen MR) is 186 cm³/mol. The lowest BCUT2D eigenvalue weighted by atomic mass is 9.83. The van der Waals surface area contributed by atoms with Gasteiger partial charge in [-0.3, -0.25) is 4.79 Å². The highest BCUT2D eigenvalue weighted by atomic mass is 32.1. The van der Waals surface area contributed by atoms with Gasteiger partial charge in [0, 0.05) is 37.1 Å². The van der Waals surface area contributed by atoms with E-state index in [1.807, 2.05) is 54.8 Å². The van der Waals surface area contributed by atoms with Gasteiger partial charge in [0.15, 0.2) is 5.11 Å². The number of nitrogens with two attached hydrogens (primary N) is 1. The third kappa shape index (κ3) is 9.08. The van der Waals surface area contributed by atoms with Gasteiger partial charge in [0.05, 0.1) is 35.6 Å². The van der Waals surface area contributed by atoms with Crippen molar-refractivity contribution in [1.82, 2.24) is 14.5 Å². The number of ketones is 1. The molecule has 7 nitrogen and oxygen atoms in total. The standard InChI is InChI=1S/C37H41F3N6OS/c1-5-25(4)34(33(47)18-31-20-43-23-45(31)21-27-12-10-26(19-41)11-13-27)35(42)46(22-29-8-6-7-9-32(29)37(38,39)40)36(48)44-30-16-14-28(15-17-30)24(2)3/h6-17,20,23-25,34-35H,5,18,21-22,42H2,1-4H3,(H,44,48)/t25-,34+,35?/m0/s1. The van der Waals surface area contributed by atoms with Crippen LogP contribution in [0, 0.1) is 23.2 Å². The van der Waals surface area contributed by atoms with Crippen molar-refractivity contribution < 1.29 is 18.0 Å². The first-order chi connectivity index (χ1) is 22.8. The minimum atomic E-state index is -4.59. The molecule has 0 aliphatic rings. The van der Waals surface area contributed by atoms with Crippen LogP contribution in [0.2, 0.25) is 0 Å². The second kappa shape index (κ2) is 16.0. The number of carbonyl (C=O) groups is 1. The zero-order chi connectivity index (χ0) is 35.0. The van der Waals surface area contributed by atoms with Gasteiger partial charge >= 0.3 is 6.18 Å². The van der Waals surface area contributed by atoms with E-state index in [9.17, 15) is 18.0 Å². The van der Waals surface area contributed by atoms with Crippen LogP contribution in [0.3, 0.4) is 0 Å². The minimum Gasteiger partial charge on any atom is -0.333 e. The van der Waals surface area contributed by atoms with Crippen molar-refractivity contribution in [2.24, 2.45) is 17.6 Å². The number of aromatic nitrogens is 2. The van der Waals surface area contributed by atoms with E-state index in [2.05, 4.69) is 30.2 Å². The highest BCUT2D eigenvalue weighted by Gasteiger charge is 2.38. The Labute approximate surface area is 285 Å². The number of thiocarbonyl (C=S) groups is 1. The summed E-state index contributed by atoms with van der Waals surface area (Å²) >= 11 is 5.82. The van der Waals surface area contributed by atoms with E-state index >= 15 is 0 Å². The van der Waals surface area contributed by atoms with Gasteiger partial charge in [-0.15, -0.1) is 0 Å². The summed E-state index contributed by atoms with van der Waals surface area (Å²) in [6, 6.07) is 22.2. The molecule has 4 aromatic rings. The molecule has 0 aliphatic heterocycles. The van der Waals surface area contributed by atoms with Crippen LogP contribution in [-0.2, 0) is 30.5 Å². The van der Waals surface area contributed by atoms with Crippen LogP contribution in [0.5, 0.6) is 0 Å². The van der Waals surface area contributed by atoms with Crippen molar-refractivity contribution in [3.8, 4) is 6.07 Å². The van der Waals surface area contributed by atoms with E-state index in [1.165, 1.54) is 17.0 Å². The molecule has 1 unspecified atom stereocenters. The van der Waals surface area contributed by atoms with E-state index < -0.39 is 23.8 Å². The lowest BCUT2D eigenvalue weighted by Crippen LogP contribution is -2.55. The van der Waals surface area contributed by atoms with E-state index in [1.54, 1.807) is 30.7 Å². The number of imidazole rings is 1. The molecule has 3 N–H and O–H groups in total. The van der Waals surface area contributed by atoms with Crippen LogP contribution in [0.15, 0.2) is 85.3 Å². The molecule has 1 heterocycles. The van der Waals surface area contributed by atoms with Crippen molar-refractivity contribution in [2.45, 2.75) is 71.9 Å². The molecule has 11 heteroatoms. The van der Waals surface area contributed by atoms with Crippen molar-refractivity contribution in [1.29, 1.82) is 5.26 Å². The fourth-order valence-corrected chi connectivity index (χ4v) is 5.99. The Bertz CT molecular complexity index is 1730. The van der Waals surface area contributed by atoms with Crippen LogP contribution in [-0.4, -0.2) is 31.5 Å². The molecular weight excluding hydrogens is 634 g/mol. The quantitative estimate of drug-likeness (QED) is 0.110. The first-order valence-corrected chi connectivity index (χ1v) is 16.3. The summed E-state index contributed by atoms with van der Waals surface area (Å²) in [7, 11) is 0. The molecule has 4 rings (SSSR count). The van der Waals surface area contributed by atoms with Crippen LogP contribution in [0.4, 0.5) is 18.9 Å². The Kier molecular flexibility index (Phi) is 12.1. The van der Waals surface area contributed by atoms with Crippen LogP contribution < -0.4 is 11.1 Å². The van der Waals surface area contributed by atoms with Crippen molar-refractivity contribution in [2.75, 3.05) is 5.32 Å². The molecule has 3 atom stereocenters.